The van der Waals surface area contributed by atoms with Gasteiger partial charge < -0.3 is 5.73 Å². The Kier molecular flexibility index (Phi) is 7.19. The van der Waals surface area contributed by atoms with Crippen molar-refractivity contribution >= 4 is 17.2 Å². The molecule has 0 saturated heterocycles. The highest BCUT2D eigenvalue weighted by molar-refractivity contribution is 7.80. The van der Waals surface area contributed by atoms with Gasteiger partial charge in [-0.1, -0.05) is 39.4 Å². The molecule has 0 heterocycles. The fourth-order valence-electron chi connectivity index (χ4n) is 1.55. The second-order valence-electron chi connectivity index (χ2n) is 3.69. The monoisotopic (exact) mass is 202 g/mol. The molecular formula is C10H22N2S. The van der Waals surface area contributed by atoms with E-state index in [9.17, 15) is 0 Å². The van der Waals surface area contributed by atoms with E-state index in [0.717, 1.165) is 25.6 Å². The minimum absolute atomic E-state index is 0.602. The first kappa shape index (κ1) is 12.8. The molecule has 0 spiro atoms. The van der Waals surface area contributed by atoms with E-state index in [1.54, 1.807) is 0 Å². The van der Waals surface area contributed by atoms with Gasteiger partial charge in [0.2, 0.25) is 0 Å². The second kappa shape index (κ2) is 7.27. The van der Waals surface area contributed by atoms with Gasteiger partial charge in [-0.2, -0.15) is 0 Å². The van der Waals surface area contributed by atoms with Gasteiger partial charge in [-0.15, -0.1) is 0 Å². The lowest BCUT2D eigenvalue weighted by atomic mass is 10.1. The predicted octanol–water partition coefficient (Wildman–Crippen LogP) is 2.03. The van der Waals surface area contributed by atoms with Crippen molar-refractivity contribution in [2.24, 2.45) is 11.7 Å². The molecule has 2 nitrogen and oxygen atoms in total. The Morgan fingerprint density at radius 1 is 1.46 bits per heavy atom. The first-order chi connectivity index (χ1) is 6.10. The summed E-state index contributed by atoms with van der Waals surface area (Å²) >= 11 is 4.89. The van der Waals surface area contributed by atoms with E-state index >= 15 is 0 Å². The van der Waals surface area contributed by atoms with Crippen molar-refractivity contribution in [1.82, 2.24) is 4.90 Å². The standard InChI is InChI=1S/C10H22N2S/c1-4-6-9(3)7-12(5-2)8-10(11)13/h9H,4-8H2,1-3H3,(H2,11,13). The lowest BCUT2D eigenvalue weighted by molar-refractivity contribution is 0.272. The molecule has 13 heavy (non-hydrogen) atoms. The highest BCUT2D eigenvalue weighted by Gasteiger charge is 2.08. The largest absolute Gasteiger partial charge is 0.392 e. The Balaban J connectivity index is 3.75. The zero-order chi connectivity index (χ0) is 10.3. The quantitative estimate of drug-likeness (QED) is 0.641. The van der Waals surface area contributed by atoms with Gasteiger partial charge >= 0.3 is 0 Å². The van der Waals surface area contributed by atoms with E-state index in [0.29, 0.717) is 4.99 Å². The third-order valence-electron chi connectivity index (χ3n) is 2.18. The Labute approximate surface area is 87.5 Å². The summed E-state index contributed by atoms with van der Waals surface area (Å²) in [6.07, 6.45) is 2.54. The minimum Gasteiger partial charge on any atom is -0.392 e. The zero-order valence-electron chi connectivity index (χ0n) is 9.05. The Morgan fingerprint density at radius 2 is 2.08 bits per heavy atom. The van der Waals surface area contributed by atoms with Crippen molar-refractivity contribution in [2.45, 2.75) is 33.6 Å². The third kappa shape index (κ3) is 6.96. The number of rotatable bonds is 7. The number of likely N-dealkylation sites (N-methyl/N-ethyl adjacent to an activating group) is 1. The lowest BCUT2D eigenvalue weighted by Gasteiger charge is -2.23. The summed E-state index contributed by atoms with van der Waals surface area (Å²) in [6.45, 7) is 9.57. The fourth-order valence-corrected chi connectivity index (χ4v) is 1.73. The van der Waals surface area contributed by atoms with Gasteiger partial charge in [-0.3, -0.25) is 4.90 Å². The summed E-state index contributed by atoms with van der Waals surface area (Å²) in [6, 6.07) is 0. The summed E-state index contributed by atoms with van der Waals surface area (Å²) in [4.78, 5) is 2.91. The Hall–Kier alpha value is -0.150. The molecule has 3 heteroatoms. The molecule has 1 unspecified atom stereocenters. The molecule has 0 aliphatic carbocycles. The van der Waals surface area contributed by atoms with E-state index in [1.165, 1.54) is 12.8 Å². The number of nitrogens with zero attached hydrogens (tertiary/aromatic N) is 1. The maximum atomic E-state index is 5.51. The molecule has 2 N–H and O–H groups in total. The van der Waals surface area contributed by atoms with E-state index in [-0.39, 0.29) is 0 Å². The number of nitrogens with two attached hydrogens (primary N) is 1. The smallest absolute Gasteiger partial charge is 0.0870 e. The van der Waals surface area contributed by atoms with Gasteiger partial charge in [0, 0.05) is 13.1 Å². The molecule has 0 saturated carbocycles. The molecule has 78 valence electrons. The molecule has 0 aliphatic heterocycles. The molecule has 0 amide bonds. The molecular weight excluding hydrogens is 180 g/mol. The summed E-state index contributed by atoms with van der Waals surface area (Å²) < 4.78 is 0. The van der Waals surface area contributed by atoms with Crippen molar-refractivity contribution in [3.8, 4) is 0 Å². The first-order valence-corrected chi connectivity index (χ1v) is 5.51. The van der Waals surface area contributed by atoms with Crippen molar-refractivity contribution < 1.29 is 0 Å². The van der Waals surface area contributed by atoms with E-state index in [2.05, 4.69) is 25.7 Å². The second-order valence-corrected chi connectivity index (χ2v) is 4.21. The molecule has 0 aromatic rings. The Bertz CT molecular complexity index is 148. The maximum Gasteiger partial charge on any atom is 0.0870 e. The van der Waals surface area contributed by atoms with Gasteiger partial charge in [-0.05, 0) is 18.9 Å². The van der Waals surface area contributed by atoms with E-state index < -0.39 is 0 Å². The summed E-state index contributed by atoms with van der Waals surface area (Å²) in [5, 5.41) is 0. The zero-order valence-corrected chi connectivity index (χ0v) is 9.86. The lowest BCUT2D eigenvalue weighted by Crippen LogP contribution is -2.35. The first-order valence-electron chi connectivity index (χ1n) is 5.10. The normalized spacial score (nSPS) is 13.2. The molecule has 0 aromatic heterocycles. The van der Waals surface area contributed by atoms with Gasteiger partial charge in [0.05, 0.1) is 4.99 Å². The highest BCUT2D eigenvalue weighted by atomic mass is 32.1. The summed E-state index contributed by atoms with van der Waals surface area (Å²) in [7, 11) is 0. The molecule has 0 aromatic carbocycles. The van der Waals surface area contributed by atoms with Crippen LogP contribution in [-0.4, -0.2) is 29.5 Å². The molecule has 0 bridgehead atoms. The van der Waals surface area contributed by atoms with Gasteiger partial charge in [0.25, 0.3) is 0 Å². The van der Waals surface area contributed by atoms with Crippen LogP contribution < -0.4 is 5.73 Å². The third-order valence-corrected chi connectivity index (χ3v) is 2.31. The summed E-state index contributed by atoms with van der Waals surface area (Å²) in [5.74, 6) is 0.749. The number of hydrogen-bond donors (Lipinski definition) is 1. The van der Waals surface area contributed by atoms with E-state index in [1.807, 2.05) is 0 Å². The topological polar surface area (TPSA) is 29.3 Å². The Morgan fingerprint density at radius 3 is 2.46 bits per heavy atom. The fraction of sp³-hybridized carbons (Fsp3) is 0.900. The highest BCUT2D eigenvalue weighted by Crippen LogP contribution is 2.06. The van der Waals surface area contributed by atoms with Gasteiger partial charge in [0.15, 0.2) is 0 Å². The molecule has 0 aliphatic rings. The van der Waals surface area contributed by atoms with Crippen molar-refractivity contribution in [2.75, 3.05) is 19.6 Å². The average Bonchev–Trinajstić information content (AvgIpc) is 2.02. The molecule has 1 atom stereocenters. The predicted molar refractivity (Wildman–Crippen MR) is 63.0 cm³/mol. The minimum atomic E-state index is 0.602. The number of hydrogen-bond acceptors (Lipinski definition) is 2. The summed E-state index contributed by atoms with van der Waals surface area (Å²) in [5.41, 5.74) is 5.51. The molecule has 0 fully saturated rings. The van der Waals surface area contributed by atoms with Crippen LogP contribution in [0.4, 0.5) is 0 Å². The van der Waals surface area contributed by atoms with Crippen LogP contribution >= 0.6 is 12.2 Å². The van der Waals surface area contributed by atoms with Gasteiger partial charge in [-0.25, -0.2) is 0 Å². The van der Waals surface area contributed by atoms with Crippen molar-refractivity contribution in [3.05, 3.63) is 0 Å². The van der Waals surface area contributed by atoms with Crippen LogP contribution in [0.2, 0.25) is 0 Å². The SMILES string of the molecule is CCCC(C)CN(CC)CC(N)=S. The molecule has 0 radical (unpaired) electrons. The van der Waals surface area contributed by atoms with Crippen LogP contribution in [0, 0.1) is 5.92 Å². The van der Waals surface area contributed by atoms with E-state index in [4.69, 9.17) is 18.0 Å². The number of thiocarbonyl (C=S) groups is 1. The van der Waals surface area contributed by atoms with Crippen LogP contribution in [0.3, 0.4) is 0 Å². The van der Waals surface area contributed by atoms with Crippen LogP contribution in [0.1, 0.15) is 33.6 Å². The van der Waals surface area contributed by atoms with Crippen molar-refractivity contribution in [1.29, 1.82) is 0 Å². The van der Waals surface area contributed by atoms with Crippen LogP contribution in [0.15, 0.2) is 0 Å². The van der Waals surface area contributed by atoms with Crippen LogP contribution in [0.5, 0.6) is 0 Å². The van der Waals surface area contributed by atoms with Gasteiger partial charge in [0.1, 0.15) is 0 Å². The van der Waals surface area contributed by atoms with Crippen LogP contribution in [0.25, 0.3) is 0 Å². The maximum absolute atomic E-state index is 5.51. The van der Waals surface area contributed by atoms with Crippen molar-refractivity contribution in [3.63, 3.8) is 0 Å². The van der Waals surface area contributed by atoms with Crippen LogP contribution in [-0.2, 0) is 0 Å². The molecule has 0 rings (SSSR count). The average molecular weight is 202 g/mol.